The number of hydrogen-bond donors (Lipinski definition) is 0. The average molecular weight is 382 g/mol. The third kappa shape index (κ3) is 4.02. The Morgan fingerprint density at radius 2 is 1.42 bits per heavy atom. The molecule has 2 atom stereocenters. The Balaban J connectivity index is 2.02. The van der Waals surface area contributed by atoms with E-state index >= 15 is 0 Å². The van der Waals surface area contributed by atoms with Crippen molar-refractivity contribution in [3.8, 4) is 0 Å². The molecular weight excluding hydrogens is 368 g/mol. The van der Waals surface area contributed by atoms with Crippen LogP contribution in [0, 0.1) is 0 Å². The highest BCUT2D eigenvalue weighted by atomic mass is 79.9. The minimum Gasteiger partial charge on any atom is -0.294 e. The molecule has 2 aromatic rings. The second-order valence-electron chi connectivity index (χ2n) is 4.32. The van der Waals surface area contributed by atoms with Gasteiger partial charge in [-0.15, -0.1) is 0 Å². The maximum absolute atomic E-state index is 12.1. The summed E-state index contributed by atoms with van der Waals surface area (Å²) >= 11 is 7.26. The van der Waals surface area contributed by atoms with Gasteiger partial charge in [0.2, 0.25) is 0 Å². The van der Waals surface area contributed by atoms with E-state index in [-0.39, 0.29) is 15.4 Å². The first kappa shape index (κ1) is 14.5. The maximum Gasteiger partial charge on any atom is 0.164 e. The van der Waals surface area contributed by atoms with Gasteiger partial charge in [0.25, 0.3) is 0 Å². The first-order valence-corrected chi connectivity index (χ1v) is 7.93. The summed E-state index contributed by atoms with van der Waals surface area (Å²) in [5, 5.41) is 0. The van der Waals surface area contributed by atoms with Crippen molar-refractivity contribution in [2.45, 2.75) is 16.1 Å². The molecule has 98 valence electrons. The van der Waals surface area contributed by atoms with E-state index in [1.54, 1.807) is 0 Å². The van der Waals surface area contributed by atoms with E-state index in [1.807, 2.05) is 48.5 Å². The van der Waals surface area contributed by atoms with Crippen LogP contribution >= 0.6 is 31.9 Å². The minimum atomic E-state index is 0.0719. The fourth-order valence-electron chi connectivity index (χ4n) is 1.87. The molecule has 0 saturated heterocycles. The summed E-state index contributed by atoms with van der Waals surface area (Å²) in [6, 6.07) is 19.5. The molecule has 0 bridgehead atoms. The predicted octanol–water partition coefficient (Wildman–Crippen LogP) is 5.16. The van der Waals surface area contributed by atoms with Crippen LogP contribution in [-0.4, -0.2) is 10.6 Å². The second-order valence-corrected chi connectivity index (χ2v) is 6.48. The molecular formula is C16H14Br2O. The van der Waals surface area contributed by atoms with Gasteiger partial charge in [0.1, 0.15) is 0 Å². The number of Topliss-reactive ketones (excluding diaryl/α,β-unsaturated/α-hetero) is 1. The highest BCUT2D eigenvalue weighted by Crippen LogP contribution is 2.33. The molecule has 2 rings (SSSR count). The largest absolute Gasteiger partial charge is 0.294 e. The topological polar surface area (TPSA) is 17.1 Å². The lowest BCUT2D eigenvalue weighted by molar-refractivity contribution is 0.0982. The SMILES string of the molecule is O=C(CC(Br)C(Br)c1ccccc1)c1ccccc1. The zero-order valence-corrected chi connectivity index (χ0v) is 13.5. The van der Waals surface area contributed by atoms with E-state index in [1.165, 1.54) is 5.56 Å². The molecule has 0 aromatic heterocycles. The van der Waals surface area contributed by atoms with E-state index in [0.29, 0.717) is 6.42 Å². The second kappa shape index (κ2) is 7.01. The fourth-order valence-corrected chi connectivity index (χ4v) is 2.96. The number of carbonyl (C=O) groups excluding carboxylic acids is 1. The van der Waals surface area contributed by atoms with E-state index in [9.17, 15) is 4.79 Å². The Kier molecular flexibility index (Phi) is 5.34. The van der Waals surface area contributed by atoms with Crippen molar-refractivity contribution in [3.63, 3.8) is 0 Å². The lowest BCUT2D eigenvalue weighted by atomic mass is 10.0. The van der Waals surface area contributed by atoms with Gasteiger partial charge in [-0.1, -0.05) is 92.5 Å². The van der Waals surface area contributed by atoms with Gasteiger partial charge in [-0.05, 0) is 5.56 Å². The highest BCUT2D eigenvalue weighted by Gasteiger charge is 2.21. The van der Waals surface area contributed by atoms with Gasteiger partial charge in [0.15, 0.2) is 5.78 Å². The Morgan fingerprint density at radius 1 is 0.895 bits per heavy atom. The summed E-state index contributed by atoms with van der Waals surface area (Å²) in [6.07, 6.45) is 0.467. The van der Waals surface area contributed by atoms with Crippen molar-refractivity contribution < 1.29 is 4.79 Å². The van der Waals surface area contributed by atoms with Gasteiger partial charge < -0.3 is 0 Å². The van der Waals surface area contributed by atoms with Crippen LogP contribution in [0.5, 0.6) is 0 Å². The maximum atomic E-state index is 12.1. The van der Waals surface area contributed by atoms with Gasteiger partial charge in [-0.25, -0.2) is 0 Å². The molecule has 3 heteroatoms. The Bertz CT molecular complexity index is 525. The first-order chi connectivity index (χ1) is 9.18. The Labute approximate surface area is 130 Å². The Hall–Kier alpha value is -0.930. The van der Waals surface area contributed by atoms with Crippen molar-refractivity contribution in [1.29, 1.82) is 0 Å². The normalized spacial score (nSPS) is 13.8. The average Bonchev–Trinajstić information content (AvgIpc) is 2.48. The highest BCUT2D eigenvalue weighted by molar-refractivity contribution is 9.12. The molecule has 0 spiro atoms. The van der Waals surface area contributed by atoms with Crippen molar-refractivity contribution in [2.75, 3.05) is 0 Å². The number of halogens is 2. The van der Waals surface area contributed by atoms with Crippen molar-refractivity contribution >= 4 is 37.6 Å². The van der Waals surface area contributed by atoms with E-state index < -0.39 is 0 Å². The van der Waals surface area contributed by atoms with E-state index in [0.717, 1.165) is 5.56 Å². The van der Waals surface area contributed by atoms with Crippen LogP contribution in [0.3, 0.4) is 0 Å². The molecule has 0 aliphatic carbocycles. The van der Waals surface area contributed by atoms with Crippen molar-refractivity contribution in [1.82, 2.24) is 0 Å². The minimum absolute atomic E-state index is 0.0719. The number of alkyl halides is 2. The number of benzene rings is 2. The van der Waals surface area contributed by atoms with Gasteiger partial charge >= 0.3 is 0 Å². The smallest absolute Gasteiger partial charge is 0.164 e. The zero-order valence-electron chi connectivity index (χ0n) is 10.3. The molecule has 0 fully saturated rings. The van der Waals surface area contributed by atoms with Gasteiger partial charge in [0.05, 0.1) is 4.83 Å². The Morgan fingerprint density at radius 3 is 2.00 bits per heavy atom. The van der Waals surface area contributed by atoms with E-state index in [4.69, 9.17) is 0 Å². The van der Waals surface area contributed by atoms with Crippen LogP contribution in [0.15, 0.2) is 60.7 Å². The van der Waals surface area contributed by atoms with Crippen LogP contribution in [-0.2, 0) is 0 Å². The first-order valence-electron chi connectivity index (χ1n) is 6.10. The van der Waals surface area contributed by atoms with Crippen LogP contribution < -0.4 is 0 Å². The summed E-state index contributed by atoms with van der Waals surface area (Å²) in [6.45, 7) is 0. The third-order valence-corrected chi connectivity index (χ3v) is 5.64. The molecule has 0 amide bonds. The predicted molar refractivity (Wildman–Crippen MR) is 86.2 cm³/mol. The monoisotopic (exact) mass is 380 g/mol. The van der Waals surface area contributed by atoms with Crippen molar-refractivity contribution in [2.24, 2.45) is 0 Å². The molecule has 0 saturated carbocycles. The number of rotatable bonds is 5. The fraction of sp³-hybridized carbons (Fsp3) is 0.188. The number of ketones is 1. The number of hydrogen-bond acceptors (Lipinski definition) is 1. The number of carbonyl (C=O) groups is 1. The summed E-state index contributed by atoms with van der Waals surface area (Å²) < 4.78 is 0. The molecule has 19 heavy (non-hydrogen) atoms. The summed E-state index contributed by atoms with van der Waals surface area (Å²) in [5.41, 5.74) is 1.94. The molecule has 2 unspecified atom stereocenters. The third-order valence-electron chi connectivity index (χ3n) is 2.91. The molecule has 0 radical (unpaired) electrons. The lowest BCUT2D eigenvalue weighted by Crippen LogP contribution is -2.13. The van der Waals surface area contributed by atoms with Crippen LogP contribution in [0.1, 0.15) is 27.2 Å². The van der Waals surface area contributed by atoms with Crippen molar-refractivity contribution in [3.05, 3.63) is 71.8 Å². The molecule has 2 aromatic carbocycles. The zero-order chi connectivity index (χ0) is 13.7. The van der Waals surface area contributed by atoms with Crippen LogP contribution in [0.2, 0.25) is 0 Å². The summed E-state index contributed by atoms with van der Waals surface area (Å²) in [4.78, 5) is 12.3. The van der Waals surface area contributed by atoms with Crippen LogP contribution in [0.25, 0.3) is 0 Å². The van der Waals surface area contributed by atoms with Gasteiger partial charge in [-0.2, -0.15) is 0 Å². The van der Waals surface area contributed by atoms with Gasteiger partial charge in [-0.3, -0.25) is 4.79 Å². The quantitative estimate of drug-likeness (QED) is 0.516. The summed E-state index contributed by atoms with van der Waals surface area (Å²) in [7, 11) is 0. The molecule has 0 N–H and O–H groups in total. The molecule has 0 aliphatic heterocycles. The molecule has 0 aliphatic rings. The molecule has 0 heterocycles. The van der Waals surface area contributed by atoms with Gasteiger partial charge in [0, 0.05) is 16.8 Å². The summed E-state index contributed by atoms with van der Waals surface area (Å²) in [5.74, 6) is 0.155. The molecule has 1 nitrogen and oxygen atoms in total. The standard InChI is InChI=1S/C16H14Br2O/c17-14(16(18)13-9-5-2-6-10-13)11-15(19)12-7-3-1-4-8-12/h1-10,14,16H,11H2. The van der Waals surface area contributed by atoms with E-state index in [2.05, 4.69) is 44.0 Å². The lowest BCUT2D eigenvalue weighted by Gasteiger charge is -2.16. The van der Waals surface area contributed by atoms with Crippen LogP contribution in [0.4, 0.5) is 0 Å².